The minimum Gasteiger partial charge on any atom is -0.465 e. The third-order valence-electron chi connectivity index (χ3n) is 6.23. The van der Waals surface area contributed by atoms with Crippen molar-refractivity contribution in [1.82, 2.24) is 14.7 Å². The number of halogens is 3. The number of nitro groups is 1. The summed E-state index contributed by atoms with van der Waals surface area (Å²) in [6.45, 7) is 2.06. The first-order chi connectivity index (χ1) is 17.3. The molecule has 1 aromatic heterocycles. The molecule has 10 nitrogen and oxygen atoms in total. The standard InChI is InChI=1S/C24H22F3N5O5/c1-13(16-9-17(24(25,26)27)12-18(10-16)32(36)37)28-21-20-11-15(3-4-19(20)22(33)30(2)29-21)14-5-7-31(8-6-14)23(34)35/h3-5,9-13H,6-8H2,1-2H3,(H,28,29)(H,34,35). The summed E-state index contributed by atoms with van der Waals surface area (Å²) in [6, 6.07) is 6.61. The number of carbonyl (C=O) groups is 1. The number of hydrogen-bond acceptors (Lipinski definition) is 6. The molecule has 0 fully saturated rings. The van der Waals surface area contributed by atoms with Crippen LogP contribution >= 0.6 is 0 Å². The number of non-ortho nitro benzene ring substituents is 1. The second-order valence-electron chi connectivity index (χ2n) is 8.68. The molecule has 1 amide bonds. The van der Waals surface area contributed by atoms with Crippen LogP contribution in [0.4, 0.5) is 29.5 Å². The summed E-state index contributed by atoms with van der Waals surface area (Å²) in [5, 5.41) is 28.4. The Hall–Kier alpha value is -4.42. The number of hydrogen-bond donors (Lipinski definition) is 2. The van der Waals surface area contributed by atoms with Gasteiger partial charge in [0.05, 0.1) is 21.9 Å². The van der Waals surface area contributed by atoms with Gasteiger partial charge in [0.25, 0.3) is 11.2 Å². The second-order valence-corrected chi connectivity index (χ2v) is 8.68. The van der Waals surface area contributed by atoms with Crippen molar-refractivity contribution in [3.8, 4) is 0 Å². The third kappa shape index (κ3) is 5.25. The molecule has 0 radical (unpaired) electrons. The summed E-state index contributed by atoms with van der Waals surface area (Å²) in [6.07, 6.45) is -3.55. The maximum absolute atomic E-state index is 13.4. The number of nitro benzene ring substituents is 1. The molecule has 0 saturated heterocycles. The van der Waals surface area contributed by atoms with Gasteiger partial charge in [0.15, 0.2) is 5.82 Å². The molecule has 1 aliphatic rings. The van der Waals surface area contributed by atoms with E-state index in [-0.39, 0.29) is 23.5 Å². The molecule has 0 bridgehead atoms. The molecule has 13 heteroatoms. The van der Waals surface area contributed by atoms with E-state index in [0.29, 0.717) is 29.8 Å². The van der Waals surface area contributed by atoms with Gasteiger partial charge in [0, 0.05) is 37.7 Å². The number of fused-ring (bicyclic) bond motifs is 1. The average molecular weight is 517 g/mol. The van der Waals surface area contributed by atoms with E-state index >= 15 is 0 Å². The second kappa shape index (κ2) is 9.56. The van der Waals surface area contributed by atoms with E-state index in [4.69, 9.17) is 5.11 Å². The first-order valence-corrected chi connectivity index (χ1v) is 11.2. The Morgan fingerprint density at radius 2 is 1.95 bits per heavy atom. The van der Waals surface area contributed by atoms with Crippen LogP contribution in [0.25, 0.3) is 16.3 Å². The first kappa shape index (κ1) is 25.7. The molecule has 0 spiro atoms. The lowest BCUT2D eigenvalue weighted by molar-refractivity contribution is -0.385. The van der Waals surface area contributed by atoms with Crippen LogP contribution in [0.3, 0.4) is 0 Å². The molecule has 1 unspecified atom stereocenters. The van der Waals surface area contributed by atoms with Crippen molar-refractivity contribution < 1.29 is 28.0 Å². The molecule has 1 aliphatic heterocycles. The predicted octanol–water partition coefficient (Wildman–Crippen LogP) is 4.80. The largest absolute Gasteiger partial charge is 0.465 e. The van der Waals surface area contributed by atoms with Crippen molar-refractivity contribution in [2.24, 2.45) is 7.05 Å². The van der Waals surface area contributed by atoms with E-state index in [2.05, 4.69) is 10.4 Å². The van der Waals surface area contributed by atoms with Gasteiger partial charge in [-0.15, -0.1) is 0 Å². The lowest BCUT2D eigenvalue weighted by Crippen LogP contribution is -2.33. The number of alkyl halides is 3. The van der Waals surface area contributed by atoms with E-state index in [1.165, 1.54) is 18.9 Å². The molecule has 2 heterocycles. The highest BCUT2D eigenvalue weighted by atomic mass is 19.4. The monoisotopic (exact) mass is 517 g/mol. The van der Waals surface area contributed by atoms with Crippen molar-refractivity contribution in [2.45, 2.75) is 25.6 Å². The summed E-state index contributed by atoms with van der Waals surface area (Å²) in [5.41, 5.74) is -0.579. The van der Waals surface area contributed by atoms with E-state index in [1.807, 2.05) is 0 Å². The van der Waals surface area contributed by atoms with Crippen LogP contribution in [-0.2, 0) is 13.2 Å². The molecule has 0 saturated carbocycles. The zero-order chi connectivity index (χ0) is 27.1. The minimum absolute atomic E-state index is 0.0187. The van der Waals surface area contributed by atoms with Gasteiger partial charge < -0.3 is 15.3 Å². The smallest absolute Gasteiger partial charge is 0.416 e. The van der Waals surface area contributed by atoms with Gasteiger partial charge in [0.1, 0.15) is 0 Å². The van der Waals surface area contributed by atoms with Crippen LogP contribution in [-0.4, -0.2) is 43.9 Å². The Morgan fingerprint density at radius 1 is 1.22 bits per heavy atom. The Bertz CT molecular complexity index is 1500. The van der Waals surface area contributed by atoms with E-state index < -0.39 is 34.5 Å². The fourth-order valence-electron chi connectivity index (χ4n) is 4.20. The van der Waals surface area contributed by atoms with Crippen molar-refractivity contribution >= 4 is 33.9 Å². The predicted molar refractivity (Wildman–Crippen MR) is 129 cm³/mol. The molecular formula is C24H22F3N5O5. The first-order valence-electron chi connectivity index (χ1n) is 11.2. The highest BCUT2D eigenvalue weighted by Gasteiger charge is 2.33. The molecule has 0 aliphatic carbocycles. The van der Waals surface area contributed by atoms with E-state index in [1.54, 1.807) is 24.3 Å². The Balaban J connectivity index is 1.75. The van der Waals surface area contributed by atoms with Crippen LogP contribution < -0.4 is 10.9 Å². The number of nitrogens with one attached hydrogen (secondary N) is 1. The summed E-state index contributed by atoms with van der Waals surface area (Å²) < 4.78 is 41.2. The summed E-state index contributed by atoms with van der Waals surface area (Å²) in [5.74, 6) is 0.204. The molecule has 2 aromatic carbocycles. The highest BCUT2D eigenvalue weighted by molar-refractivity contribution is 5.93. The van der Waals surface area contributed by atoms with Crippen LogP contribution in [0.1, 0.15) is 36.1 Å². The molecular weight excluding hydrogens is 495 g/mol. The van der Waals surface area contributed by atoms with E-state index in [9.17, 15) is 32.9 Å². The van der Waals surface area contributed by atoms with Gasteiger partial charge in [0.2, 0.25) is 0 Å². The van der Waals surface area contributed by atoms with Crippen molar-refractivity contribution in [2.75, 3.05) is 18.4 Å². The summed E-state index contributed by atoms with van der Waals surface area (Å²) in [7, 11) is 1.44. The topological polar surface area (TPSA) is 131 Å². The van der Waals surface area contributed by atoms with Crippen LogP contribution in [0.5, 0.6) is 0 Å². The number of carboxylic acid groups (broad SMARTS) is 1. The maximum atomic E-state index is 13.4. The van der Waals surface area contributed by atoms with Crippen LogP contribution in [0, 0.1) is 10.1 Å². The Morgan fingerprint density at radius 3 is 2.54 bits per heavy atom. The number of benzene rings is 2. The van der Waals surface area contributed by atoms with Gasteiger partial charge in [-0.25, -0.2) is 9.48 Å². The van der Waals surface area contributed by atoms with Crippen molar-refractivity contribution in [3.05, 3.63) is 79.6 Å². The normalized spacial score (nSPS) is 14.8. The lowest BCUT2D eigenvalue weighted by atomic mass is 9.97. The number of aryl methyl sites for hydroxylation is 1. The van der Waals surface area contributed by atoms with Crippen LogP contribution in [0.2, 0.25) is 0 Å². The number of amides is 1. The fraction of sp³-hybridized carbons (Fsp3) is 0.292. The zero-order valence-electron chi connectivity index (χ0n) is 19.7. The minimum atomic E-state index is -4.78. The number of rotatable bonds is 5. The van der Waals surface area contributed by atoms with Crippen LogP contribution in [0.15, 0.2) is 47.3 Å². The highest BCUT2D eigenvalue weighted by Crippen LogP contribution is 2.35. The van der Waals surface area contributed by atoms with Gasteiger partial charge in [-0.2, -0.15) is 18.3 Å². The van der Waals surface area contributed by atoms with Gasteiger partial charge in [-0.1, -0.05) is 12.1 Å². The quantitative estimate of drug-likeness (QED) is 0.367. The summed E-state index contributed by atoms with van der Waals surface area (Å²) in [4.78, 5) is 35.5. The zero-order valence-corrected chi connectivity index (χ0v) is 19.7. The maximum Gasteiger partial charge on any atom is 0.416 e. The van der Waals surface area contributed by atoms with Gasteiger partial charge in [-0.3, -0.25) is 14.9 Å². The van der Waals surface area contributed by atoms with E-state index in [0.717, 1.165) is 28.0 Å². The van der Waals surface area contributed by atoms with Gasteiger partial charge >= 0.3 is 12.3 Å². The van der Waals surface area contributed by atoms with Crippen molar-refractivity contribution in [1.29, 1.82) is 0 Å². The van der Waals surface area contributed by atoms with Crippen molar-refractivity contribution in [3.63, 3.8) is 0 Å². The molecule has 194 valence electrons. The Labute approximate surface area is 207 Å². The summed E-state index contributed by atoms with van der Waals surface area (Å²) >= 11 is 0. The number of nitrogens with zero attached hydrogens (tertiary/aromatic N) is 4. The molecule has 37 heavy (non-hydrogen) atoms. The fourth-order valence-corrected chi connectivity index (χ4v) is 4.20. The average Bonchev–Trinajstić information content (AvgIpc) is 2.86. The van der Waals surface area contributed by atoms with Gasteiger partial charge in [-0.05, 0) is 48.2 Å². The molecule has 4 rings (SSSR count). The number of aromatic nitrogens is 2. The Kier molecular flexibility index (Phi) is 6.63. The molecule has 3 aromatic rings. The SMILES string of the molecule is CC(Nc1nn(C)c(=O)c2ccc(C3=CCN(C(=O)O)CC3)cc12)c1cc([N+](=O)[O-])cc(C(F)(F)F)c1. The molecule has 1 atom stereocenters. The molecule has 2 N–H and O–H groups in total. The lowest BCUT2D eigenvalue weighted by Gasteiger charge is -2.24. The third-order valence-corrected chi connectivity index (χ3v) is 6.23. The number of anilines is 1.